The summed E-state index contributed by atoms with van der Waals surface area (Å²) in [6.45, 7) is 5.87. The van der Waals surface area contributed by atoms with Crippen LogP contribution in [-0.2, 0) is 16.1 Å². The standard InChI is InChI=1S/C18H26N6O3/c1-3-9-26-10-5-8-20-17(19)24-18-23-16(12-27-18)15-7-4-6-14(22-15)11-21-13(2)25/h4,6-7,12H,3,5,8-11H2,1-2H3,(H,21,25)(H3,19,20,23,24). The predicted octanol–water partition coefficient (Wildman–Crippen LogP) is 1.92. The number of ether oxygens (including phenoxy) is 1. The predicted molar refractivity (Wildman–Crippen MR) is 103 cm³/mol. The Balaban J connectivity index is 1.88. The van der Waals surface area contributed by atoms with E-state index >= 15 is 0 Å². The maximum atomic E-state index is 11.0. The fourth-order valence-electron chi connectivity index (χ4n) is 2.15. The molecule has 0 spiro atoms. The van der Waals surface area contributed by atoms with Gasteiger partial charge in [-0.15, -0.1) is 0 Å². The van der Waals surface area contributed by atoms with Crippen LogP contribution in [0.3, 0.4) is 0 Å². The quantitative estimate of drug-likeness (QED) is 0.329. The molecule has 1 amide bonds. The van der Waals surface area contributed by atoms with E-state index < -0.39 is 0 Å². The SMILES string of the molecule is CCCOCCCN=C(N)Nc1nc(-c2cccc(CNC(C)=O)n2)co1. The number of hydrogen-bond donors (Lipinski definition) is 3. The number of amides is 1. The lowest BCUT2D eigenvalue weighted by atomic mass is 10.2. The van der Waals surface area contributed by atoms with Gasteiger partial charge in [0, 0.05) is 26.7 Å². The van der Waals surface area contributed by atoms with E-state index in [-0.39, 0.29) is 17.9 Å². The molecule has 0 aliphatic rings. The fraction of sp³-hybridized carbons (Fsp3) is 0.444. The number of hydrogen-bond acceptors (Lipinski definition) is 6. The molecule has 0 unspecified atom stereocenters. The van der Waals surface area contributed by atoms with Crippen LogP contribution < -0.4 is 16.4 Å². The van der Waals surface area contributed by atoms with Gasteiger partial charge in [0.1, 0.15) is 12.0 Å². The van der Waals surface area contributed by atoms with E-state index in [4.69, 9.17) is 14.9 Å². The number of guanidine groups is 1. The van der Waals surface area contributed by atoms with Gasteiger partial charge in [0.25, 0.3) is 0 Å². The normalized spacial score (nSPS) is 11.4. The van der Waals surface area contributed by atoms with Gasteiger partial charge in [-0.1, -0.05) is 13.0 Å². The zero-order valence-electron chi connectivity index (χ0n) is 15.7. The number of aliphatic imine (C=N–C) groups is 1. The minimum Gasteiger partial charge on any atom is -0.431 e. The van der Waals surface area contributed by atoms with Crippen molar-refractivity contribution in [3.63, 3.8) is 0 Å². The minimum absolute atomic E-state index is 0.109. The van der Waals surface area contributed by atoms with Gasteiger partial charge in [0.2, 0.25) is 5.91 Å². The maximum absolute atomic E-state index is 11.0. The number of aromatic nitrogens is 2. The number of carbonyl (C=O) groups excluding carboxylic acids is 1. The van der Waals surface area contributed by atoms with Crippen molar-refractivity contribution in [1.29, 1.82) is 0 Å². The van der Waals surface area contributed by atoms with Crippen molar-refractivity contribution in [2.45, 2.75) is 33.2 Å². The summed E-state index contributed by atoms with van der Waals surface area (Å²) in [5, 5.41) is 5.52. The number of rotatable bonds is 10. The number of oxazole rings is 1. The van der Waals surface area contributed by atoms with Crippen LogP contribution in [0.2, 0.25) is 0 Å². The summed E-state index contributed by atoms with van der Waals surface area (Å²) in [5.41, 5.74) is 7.75. The van der Waals surface area contributed by atoms with Crippen molar-refractivity contribution < 1.29 is 13.9 Å². The Labute approximate surface area is 158 Å². The van der Waals surface area contributed by atoms with Crippen molar-refractivity contribution in [1.82, 2.24) is 15.3 Å². The largest absolute Gasteiger partial charge is 0.431 e. The molecular weight excluding hydrogens is 348 g/mol. The Hall–Kier alpha value is -2.94. The lowest BCUT2D eigenvalue weighted by Crippen LogP contribution is -2.23. The fourth-order valence-corrected chi connectivity index (χ4v) is 2.15. The topological polar surface area (TPSA) is 128 Å². The highest BCUT2D eigenvalue weighted by Crippen LogP contribution is 2.19. The molecule has 146 valence electrons. The Bertz CT molecular complexity index is 759. The molecule has 0 bridgehead atoms. The third-order valence-corrected chi connectivity index (χ3v) is 3.40. The van der Waals surface area contributed by atoms with E-state index in [0.29, 0.717) is 31.1 Å². The Morgan fingerprint density at radius 2 is 2.15 bits per heavy atom. The molecule has 4 N–H and O–H groups in total. The van der Waals surface area contributed by atoms with Gasteiger partial charge in [0.05, 0.1) is 17.9 Å². The first-order valence-electron chi connectivity index (χ1n) is 8.89. The molecule has 0 saturated heterocycles. The van der Waals surface area contributed by atoms with E-state index in [0.717, 1.165) is 25.1 Å². The van der Waals surface area contributed by atoms with Crippen LogP contribution >= 0.6 is 0 Å². The second-order valence-electron chi connectivity index (χ2n) is 5.82. The second-order valence-corrected chi connectivity index (χ2v) is 5.82. The molecular formula is C18H26N6O3. The highest BCUT2D eigenvalue weighted by molar-refractivity contribution is 5.90. The first-order valence-corrected chi connectivity index (χ1v) is 8.89. The molecule has 2 rings (SSSR count). The molecule has 9 heteroatoms. The number of nitrogens with two attached hydrogens (primary N) is 1. The average Bonchev–Trinajstić information content (AvgIpc) is 3.11. The molecule has 0 aliphatic heterocycles. The summed E-state index contributed by atoms with van der Waals surface area (Å²) in [5.74, 6) is 0.119. The van der Waals surface area contributed by atoms with Gasteiger partial charge in [-0.3, -0.25) is 15.1 Å². The number of nitrogens with zero attached hydrogens (tertiary/aromatic N) is 3. The zero-order valence-corrected chi connectivity index (χ0v) is 15.7. The average molecular weight is 374 g/mol. The Morgan fingerprint density at radius 1 is 1.30 bits per heavy atom. The van der Waals surface area contributed by atoms with E-state index in [2.05, 4.69) is 32.5 Å². The van der Waals surface area contributed by atoms with Crippen molar-refractivity contribution in [2.24, 2.45) is 10.7 Å². The molecule has 9 nitrogen and oxygen atoms in total. The highest BCUT2D eigenvalue weighted by atomic mass is 16.5. The lowest BCUT2D eigenvalue weighted by molar-refractivity contribution is -0.119. The van der Waals surface area contributed by atoms with Crippen molar-refractivity contribution in [3.8, 4) is 11.4 Å². The summed E-state index contributed by atoms with van der Waals surface area (Å²) in [7, 11) is 0. The molecule has 0 aliphatic carbocycles. The van der Waals surface area contributed by atoms with Crippen LogP contribution in [0.1, 0.15) is 32.4 Å². The smallest absolute Gasteiger partial charge is 0.302 e. The van der Waals surface area contributed by atoms with Crippen molar-refractivity contribution in [3.05, 3.63) is 30.2 Å². The van der Waals surface area contributed by atoms with Gasteiger partial charge in [0.15, 0.2) is 5.96 Å². The monoisotopic (exact) mass is 374 g/mol. The zero-order chi connectivity index (χ0) is 19.5. The third kappa shape index (κ3) is 7.45. The van der Waals surface area contributed by atoms with Crippen LogP contribution in [0, 0.1) is 0 Å². The van der Waals surface area contributed by atoms with Gasteiger partial charge in [-0.25, -0.2) is 4.98 Å². The molecule has 0 radical (unpaired) electrons. The van der Waals surface area contributed by atoms with Gasteiger partial charge in [-0.05, 0) is 25.0 Å². The van der Waals surface area contributed by atoms with Gasteiger partial charge < -0.3 is 20.2 Å². The van der Waals surface area contributed by atoms with Crippen molar-refractivity contribution >= 4 is 17.9 Å². The van der Waals surface area contributed by atoms with E-state index in [9.17, 15) is 4.79 Å². The molecule has 27 heavy (non-hydrogen) atoms. The van der Waals surface area contributed by atoms with Crippen molar-refractivity contribution in [2.75, 3.05) is 25.1 Å². The summed E-state index contributed by atoms with van der Waals surface area (Å²) in [4.78, 5) is 24.0. The molecule has 0 fully saturated rings. The first-order chi connectivity index (χ1) is 13.1. The minimum atomic E-state index is -0.109. The molecule has 0 saturated carbocycles. The van der Waals surface area contributed by atoms with Gasteiger partial charge >= 0.3 is 6.01 Å². The number of pyridine rings is 1. The highest BCUT2D eigenvalue weighted by Gasteiger charge is 2.09. The summed E-state index contributed by atoms with van der Waals surface area (Å²) in [6, 6.07) is 5.72. The van der Waals surface area contributed by atoms with Crippen LogP contribution in [0.4, 0.5) is 6.01 Å². The number of anilines is 1. The number of nitrogens with one attached hydrogen (secondary N) is 2. The van der Waals surface area contributed by atoms with Crippen LogP contribution in [0.25, 0.3) is 11.4 Å². The van der Waals surface area contributed by atoms with Gasteiger partial charge in [-0.2, -0.15) is 4.98 Å². The summed E-state index contributed by atoms with van der Waals surface area (Å²) in [6.07, 6.45) is 3.29. The second kappa shape index (κ2) is 10.9. The van der Waals surface area contributed by atoms with E-state index in [1.165, 1.54) is 13.2 Å². The Morgan fingerprint density at radius 3 is 2.93 bits per heavy atom. The molecule has 2 heterocycles. The van der Waals surface area contributed by atoms with E-state index in [1.54, 1.807) is 0 Å². The van der Waals surface area contributed by atoms with Crippen LogP contribution in [0.5, 0.6) is 0 Å². The summed E-state index contributed by atoms with van der Waals surface area (Å²) >= 11 is 0. The molecule has 0 atom stereocenters. The summed E-state index contributed by atoms with van der Waals surface area (Å²) < 4.78 is 10.8. The number of carbonyl (C=O) groups is 1. The third-order valence-electron chi connectivity index (χ3n) is 3.40. The molecule has 2 aromatic rings. The van der Waals surface area contributed by atoms with Crippen LogP contribution in [-0.4, -0.2) is 41.6 Å². The lowest BCUT2D eigenvalue weighted by Gasteiger charge is -2.03. The van der Waals surface area contributed by atoms with Crippen LogP contribution in [0.15, 0.2) is 33.9 Å². The first kappa shape index (κ1) is 20.4. The maximum Gasteiger partial charge on any atom is 0.302 e. The molecule has 2 aromatic heterocycles. The Kier molecular flexibility index (Phi) is 8.24. The van der Waals surface area contributed by atoms with E-state index in [1.807, 2.05) is 18.2 Å². The molecule has 0 aromatic carbocycles.